The first kappa shape index (κ1) is 33.7. The molecule has 0 spiro atoms. The highest BCUT2D eigenvalue weighted by Gasteiger charge is 2.36. The summed E-state index contributed by atoms with van der Waals surface area (Å²) in [5, 5.41) is 12.7. The Morgan fingerprint density at radius 3 is 1.51 bits per heavy atom. The molecule has 0 aromatic rings. The van der Waals surface area contributed by atoms with Crippen molar-refractivity contribution >= 4 is 41.1 Å². The Hall–Kier alpha value is -3.35. The standard InChI is InChI=1S/C24H42N6O7/c1-11-17(31)18(32)24(7,8)29-22(36)16(6)30(10)23(37)15(5)28-21(35)14(4)27-20(34)13(3)26-19(33)12(2)25-9/h12-16,25H,11H2,1-10H3,(H,26,33)(H,27,34)(H,28,35)(H,29,36)/t12-,13?,14-,15-,16-/m0/s1. The number of nitrogens with zero attached hydrogens (tertiary/aromatic N) is 1. The van der Waals surface area contributed by atoms with Gasteiger partial charge in [0.25, 0.3) is 0 Å². The van der Waals surface area contributed by atoms with E-state index in [0.717, 1.165) is 4.90 Å². The van der Waals surface area contributed by atoms with E-state index in [9.17, 15) is 33.6 Å². The molecule has 5 N–H and O–H groups in total. The highest BCUT2D eigenvalue weighted by Crippen LogP contribution is 2.09. The maximum Gasteiger partial charge on any atom is 0.245 e. The molecule has 0 rings (SSSR count). The van der Waals surface area contributed by atoms with Crippen LogP contribution in [0.2, 0.25) is 0 Å². The Bertz CT molecular complexity index is 904. The summed E-state index contributed by atoms with van der Waals surface area (Å²) in [6.07, 6.45) is 0.00522. The summed E-state index contributed by atoms with van der Waals surface area (Å²) in [6, 6.07) is -4.48. The summed E-state index contributed by atoms with van der Waals surface area (Å²) in [4.78, 5) is 87.3. The highest BCUT2D eigenvalue weighted by atomic mass is 16.2. The lowest BCUT2D eigenvalue weighted by Gasteiger charge is -2.31. The molecule has 13 nitrogen and oxygen atoms in total. The largest absolute Gasteiger partial charge is 0.343 e. The van der Waals surface area contributed by atoms with Crippen LogP contribution in [0, 0.1) is 0 Å². The van der Waals surface area contributed by atoms with Gasteiger partial charge in [0.05, 0.1) is 6.04 Å². The second kappa shape index (κ2) is 14.4. The van der Waals surface area contributed by atoms with Gasteiger partial charge in [-0.2, -0.15) is 0 Å². The molecule has 5 atom stereocenters. The SMILES string of the molecule is CCC(=O)C(=O)C(C)(C)NC(=O)[C@H](C)N(C)C(=O)[C@H](C)NC(=O)[C@H](C)NC(=O)C(C)NC(=O)[C@H](C)NC. The second-order valence-corrected chi connectivity index (χ2v) is 9.55. The molecule has 1 unspecified atom stereocenters. The molecule has 0 aromatic carbocycles. The van der Waals surface area contributed by atoms with Gasteiger partial charge in [0.1, 0.15) is 29.7 Å². The summed E-state index contributed by atoms with van der Waals surface area (Å²) < 4.78 is 0. The Labute approximate surface area is 218 Å². The van der Waals surface area contributed by atoms with Crippen LogP contribution in [0.15, 0.2) is 0 Å². The topological polar surface area (TPSA) is 183 Å². The average Bonchev–Trinajstić information content (AvgIpc) is 2.84. The number of hydrogen-bond acceptors (Lipinski definition) is 8. The predicted octanol–water partition coefficient (Wildman–Crippen LogP) is -1.60. The molecular formula is C24H42N6O7. The maximum atomic E-state index is 12.8. The molecular weight excluding hydrogens is 484 g/mol. The van der Waals surface area contributed by atoms with E-state index >= 15 is 0 Å². The quantitative estimate of drug-likeness (QED) is 0.168. The fourth-order valence-corrected chi connectivity index (χ4v) is 2.99. The molecule has 0 heterocycles. The van der Waals surface area contributed by atoms with Crippen LogP contribution < -0.4 is 26.6 Å². The Balaban J connectivity index is 5.02. The minimum atomic E-state index is -1.45. The molecule has 0 radical (unpaired) electrons. The van der Waals surface area contributed by atoms with Crippen molar-refractivity contribution < 1.29 is 33.6 Å². The van der Waals surface area contributed by atoms with Gasteiger partial charge in [-0.1, -0.05) is 6.92 Å². The van der Waals surface area contributed by atoms with Crippen molar-refractivity contribution in [3.63, 3.8) is 0 Å². The lowest BCUT2D eigenvalue weighted by Crippen LogP contribution is -2.59. The summed E-state index contributed by atoms with van der Waals surface area (Å²) in [5.74, 6) is -4.22. The molecule has 210 valence electrons. The third-order valence-electron chi connectivity index (χ3n) is 5.95. The fourth-order valence-electron chi connectivity index (χ4n) is 2.99. The molecule has 0 saturated carbocycles. The van der Waals surface area contributed by atoms with Gasteiger partial charge in [0.15, 0.2) is 0 Å². The maximum absolute atomic E-state index is 12.8. The van der Waals surface area contributed by atoms with Crippen LogP contribution in [-0.4, -0.2) is 95.8 Å². The van der Waals surface area contributed by atoms with E-state index in [1.165, 1.54) is 48.6 Å². The van der Waals surface area contributed by atoms with Crippen LogP contribution in [0.5, 0.6) is 0 Å². The van der Waals surface area contributed by atoms with Gasteiger partial charge in [0, 0.05) is 13.5 Å². The molecule has 0 bridgehead atoms. The number of ketones is 2. The number of Topliss-reactive ketones (excluding diaryl/α,β-unsaturated/α-hetero) is 2. The molecule has 5 amide bonds. The molecule has 0 fully saturated rings. The zero-order valence-electron chi connectivity index (χ0n) is 23.4. The van der Waals surface area contributed by atoms with Crippen LogP contribution in [0.1, 0.15) is 61.8 Å². The van der Waals surface area contributed by atoms with Gasteiger partial charge in [-0.3, -0.25) is 33.6 Å². The Morgan fingerprint density at radius 2 is 1.11 bits per heavy atom. The molecule has 13 heteroatoms. The number of rotatable bonds is 14. The number of carbonyl (C=O) groups excluding carboxylic acids is 7. The van der Waals surface area contributed by atoms with E-state index in [1.54, 1.807) is 20.9 Å². The monoisotopic (exact) mass is 526 g/mol. The zero-order valence-corrected chi connectivity index (χ0v) is 23.4. The minimum Gasteiger partial charge on any atom is -0.343 e. The first-order chi connectivity index (χ1) is 16.9. The van der Waals surface area contributed by atoms with E-state index in [2.05, 4.69) is 26.6 Å². The Morgan fingerprint density at radius 1 is 0.703 bits per heavy atom. The molecule has 37 heavy (non-hydrogen) atoms. The van der Waals surface area contributed by atoms with Crippen LogP contribution in [0.25, 0.3) is 0 Å². The summed E-state index contributed by atoms with van der Waals surface area (Å²) in [5.41, 5.74) is -1.45. The lowest BCUT2D eigenvalue weighted by molar-refractivity contribution is -0.144. The molecule has 0 saturated heterocycles. The third kappa shape index (κ3) is 9.90. The summed E-state index contributed by atoms with van der Waals surface area (Å²) in [7, 11) is 2.97. The van der Waals surface area contributed by atoms with Gasteiger partial charge in [0.2, 0.25) is 41.1 Å². The highest BCUT2D eigenvalue weighted by molar-refractivity contribution is 6.40. The van der Waals surface area contributed by atoms with Crippen molar-refractivity contribution in [2.24, 2.45) is 0 Å². The van der Waals surface area contributed by atoms with Crippen molar-refractivity contribution in [2.45, 2.75) is 97.6 Å². The fraction of sp³-hybridized carbons (Fsp3) is 0.708. The van der Waals surface area contributed by atoms with Crippen molar-refractivity contribution in [3.05, 3.63) is 0 Å². The normalized spacial score (nSPS) is 15.2. The van der Waals surface area contributed by atoms with Crippen molar-refractivity contribution in [1.29, 1.82) is 0 Å². The van der Waals surface area contributed by atoms with E-state index in [-0.39, 0.29) is 12.3 Å². The first-order valence-corrected chi connectivity index (χ1v) is 12.2. The van der Waals surface area contributed by atoms with Gasteiger partial charge in [-0.25, -0.2) is 0 Å². The lowest BCUT2D eigenvalue weighted by atomic mass is 9.94. The minimum absolute atomic E-state index is 0.00522. The second-order valence-electron chi connectivity index (χ2n) is 9.55. The van der Waals surface area contributed by atoms with Gasteiger partial charge < -0.3 is 31.5 Å². The van der Waals surface area contributed by atoms with E-state index < -0.39 is 70.9 Å². The van der Waals surface area contributed by atoms with Crippen LogP contribution in [-0.2, 0) is 33.6 Å². The predicted molar refractivity (Wildman–Crippen MR) is 136 cm³/mol. The van der Waals surface area contributed by atoms with Crippen LogP contribution >= 0.6 is 0 Å². The molecule has 0 aliphatic heterocycles. The number of amides is 5. The molecule has 0 aromatic heterocycles. The summed E-state index contributed by atoms with van der Waals surface area (Å²) in [6.45, 7) is 11.7. The summed E-state index contributed by atoms with van der Waals surface area (Å²) >= 11 is 0. The average molecular weight is 527 g/mol. The molecule has 0 aliphatic rings. The van der Waals surface area contributed by atoms with Crippen LogP contribution in [0.3, 0.4) is 0 Å². The number of likely N-dealkylation sites (N-methyl/N-ethyl adjacent to an activating group) is 2. The first-order valence-electron chi connectivity index (χ1n) is 12.2. The number of carbonyl (C=O) groups is 7. The smallest absolute Gasteiger partial charge is 0.245 e. The van der Waals surface area contributed by atoms with E-state index in [0.29, 0.717) is 0 Å². The van der Waals surface area contributed by atoms with Crippen molar-refractivity contribution in [3.8, 4) is 0 Å². The number of nitrogens with one attached hydrogen (secondary N) is 5. The zero-order chi connectivity index (χ0) is 29.2. The van der Waals surface area contributed by atoms with Gasteiger partial charge >= 0.3 is 0 Å². The number of hydrogen-bond donors (Lipinski definition) is 5. The van der Waals surface area contributed by atoms with Crippen LogP contribution in [0.4, 0.5) is 0 Å². The van der Waals surface area contributed by atoms with E-state index in [4.69, 9.17) is 0 Å². The molecule has 0 aliphatic carbocycles. The van der Waals surface area contributed by atoms with Gasteiger partial charge in [-0.05, 0) is 55.5 Å². The Kier molecular flexibility index (Phi) is 13.1. The van der Waals surface area contributed by atoms with Crippen molar-refractivity contribution in [2.75, 3.05) is 14.1 Å². The van der Waals surface area contributed by atoms with E-state index in [1.807, 2.05) is 0 Å². The third-order valence-corrected chi connectivity index (χ3v) is 5.95. The van der Waals surface area contributed by atoms with Gasteiger partial charge in [-0.15, -0.1) is 0 Å². The van der Waals surface area contributed by atoms with Crippen molar-refractivity contribution in [1.82, 2.24) is 31.5 Å².